The highest BCUT2D eigenvalue weighted by Gasteiger charge is 2.34. The van der Waals surface area contributed by atoms with Crippen LogP contribution in [-0.2, 0) is 0 Å². The molecule has 0 saturated heterocycles. The van der Waals surface area contributed by atoms with Gasteiger partial charge in [0.25, 0.3) is 0 Å². The van der Waals surface area contributed by atoms with Gasteiger partial charge in [-0.25, -0.2) is 4.39 Å². The van der Waals surface area contributed by atoms with E-state index >= 15 is 0 Å². The molecule has 1 aromatic rings. The fourth-order valence-corrected chi connectivity index (χ4v) is 3.61. The summed E-state index contributed by atoms with van der Waals surface area (Å²) >= 11 is 0. The van der Waals surface area contributed by atoms with Crippen LogP contribution < -0.4 is 10.5 Å². The quantitative estimate of drug-likeness (QED) is 0.836. The molecule has 0 spiro atoms. The van der Waals surface area contributed by atoms with Gasteiger partial charge >= 0.3 is 0 Å². The van der Waals surface area contributed by atoms with Crippen molar-refractivity contribution in [1.29, 1.82) is 0 Å². The third-order valence-electron chi connectivity index (χ3n) is 4.64. The third kappa shape index (κ3) is 2.62. The molecule has 1 aromatic carbocycles. The highest BCUT2D eigenvalue weighted by Crippen LogP contribution is 2.40. The molecule has 104 valence electrons. The second-order valence-corrected chi connectivity index (χ2v) is 6.21. The number of nitrogens with two attached hydrogens (primary N) is 1. The molecule has 3 rings (SSSR count). The van der Waals surface area contributed by atoms with Crippen LogP contribution in [0.3, 0.4) is 0 Å². The van der Waals surface area contributed by atoms with Gasteiger partial charge in [-0.05, 0) is 30.7 Å². The van der Waals surface area contributed by atoms with Crippen LogP contribution >= 0.6 is 0 Å². The van der Waals surface area contributed by atoms with Crippen molar-refractivity contribution < 1.29 is 9.13 Å². The van der Waals surface area contributed by atoms with Crippen LogP contribution in [-0.4, -0.2) is 6.10 Å². The summed E-state index contributed by atoms with van der Waals surface area (Å²) in [5.74, 6) is 1.75. The SMILES string of the molecule is CC1CCCC(C2CC(N)c3ccc(F)cc3O2)C1. The van der Waals surface area contributed by atoms with Crippen molar-refractivity contribution in [3.63, 3.8) is 0 Å². The molecule has 2 N–H and O–H groups in total. The van der Waals surface area contributed by atoms with Gasteiger partial charge < -0.3 is 10.5 Å². The monoisotopic (exact) mass is 263 g/mol. The smallest absolute Gasteiger partial charge is 0.127 e. The van der Waals surface area contributed by atoms with Gasteiger partial charge in [-0.2, -0.15) is 0 Å². The van der Waals surface area contributed by atoms with Crippen LogP contribution in [0.25, 0.3) is 0 Å². The lowest BCUT2D eigenvalue weighted by atomic mass is 9.77. The first-order valence-electron chi connectivity index (χ1n) is 7.35. The molecule has 0 amide bonds. The van der Waals surface area contributed by atoms with Crippen LogP contribution in [0, 0.1) is 17.7 Å². The maximum atomic E-state index is 13.3. The van der Waals surface area contributed by atoms with Gasteiger partial charge in [0.05, 0.1) is 0 Å². The second kappa shape index (κ2) is 5.12. The number of rotatable bonds is 1. The van der Waals surface area contributed by atoms with Crippen LogP contribution in [0.5, 0.6) is 5.75 Å². The van der Waals surface area contributed by atoms with E-state index in [9.17, 15) is 4.39 Å². The first-order valence-corrected chi connectivity index (χ1v) is 7.35. The molecule has 4 unspecified atom stereocenters. The van der Waals surface area contributed by atoms with E-state index in [1.807, 2.05) is 0 Å². The van der Waals surface area contributed by atoms with E-state index < -0.39 is 0 Å². The summed E-state index contributed by atoms with van der Waals surface area (Å²) in [5.41, 5.74) is 7.17. The van der Waals surface area contributed by atoms with Gasteiger partial charge in [0, 0.05) is 24.1 Å². The average Bonchev–Trinajstić information content (AvgIpc) is 2.38. The van der Waals surface area contributed by atoms with Crippen molar-refractivity contribution in [1.82, 2.24) is 0 Å². The van der Waals surface area contributed by atoms with Crippen molar-refractivity contribution >= 4 is 0 Å². The number of fused-ring (bicyclic) bond motifs is 1. The number of ether oxygens (including phenoxy) is 1. The Morgan fingerprint density at radius 2 is 2.11 bits per heavy atom. The largest absolute Gasteiger partial charge is 0.490 e. The van der Waals surface area contributed by atoms with Gasteiger partial charge in [-0.3, -0.25) is 0 Å². The Balaban J connectivity index is 1.80. The Morgan fingerprint density at radius 3 is 2.89 bits per heavy atom. The topological polar surface area (TPSA) is 35.2 Å². The highest BCUT2D eigenvalue weighted by molar-refractivity contribution is 5.38. The fourth-order valence-electron chi connectivity index (χ4n) is 3.61. The van der Waals surface area contributed by atoms with E-state index in [1.54, 1.807) is 6.07 Å². The molecule has 0 aromatic heterocycles. The Labute approximate surface area is 114 Å². The van der Waals surface area contributed by atoms with Crippen molar-refractivity contribution in [2.75, 3.05) is 0 Å². The predicted octanol–water partition coefficient (Wildman–Crippen LogP) is 3.80. The minimum Gasteiger partial charge on any atom is -0.490 e. The molecular weight excluding hydrogens is 241 g/mol. The fraction of sp³-hybridized carbons (Fsp3) is 0.625. The lowest BCUT2D eigenvalue weighted by Gasteiger charge is -2.38. The van der Waals surface area contributed by atoms with Gasteiger partial charge in [-0.1, -0.05) is 25.8 Å². The van der Waals surface area contributed by atoms with E-state index in [-0.39, 0.29) is 18.0 Å². The summed E-state index contributed by atoms with van der Waals surface area (Å²) < 4.78 is 19.4. The van der Waals surface area contributed by atoms with Crippen molar-refractivity contribution in [2.45, 2.75) is 51.2 Å². The highest BCUT2D eigenvalue weighted by atomic mass is 19.1. The summed E-state index contributed by atoms with van der Waals surface area (Å²) in [6.07, 6.45) is 6.04. The van der Waals surface area contributed by atoms with Crippen LogP contribution in [0.4, 0.5) is 4.39 Å². The van der Waals surface area contributed by atoms with E-state index in [0.717, 1.165) is 17.9 Å². The number of hydrogen-bond donors (Lipinski definition) is 1. The molecule has 1 fully saturated rings. The molecule has 1 aliphatic carbocycles. The maximum Gasteiger partial charge on any atom is 0.127 e. The zero-order chi connectivity index (χ0) is 13.4. The lowest BCUT2D eigenvalue weighted by Crippen LogP contribution is -2.37. The molecule has 1 heterocycles. The Bertz CT molecular complexity index is 462. The van der Waals surface area contributed by atoms with Gasteiger partial charge in [0.2, 0.25) is 0 Å². The summed E-state index contributed by atoms with van der Waals surface area (Å²) in [7, 11) is 0. The molecule has 4 atom stereocenters. The first-order chi connectivity index (χ1) is 9.13. The summed E-state index contributed by atoms with van der Waals surface area (Å²) in [4.78, 5) is 0. The molecule has 1 aliphatic heterocycles. The Kier molecular flexibility index (Phi) is 3.48. The lowest BCUT2D eigenvalue weighted by molar-refractivity contribution is 0.0662. The van der Waals surface area contributed by atoms with Crippen LogP contribution in [0.2, 0.25) is 0 Å². The molecule has 2 aliphatic rings. The minimum atomic E-state index is -0.247. The normalized spacial score (nSPS) is 34.5. The van der Waals surface area contributed by atoms with Crippen molar-refractivity contribution in [3.05, 3.63) is 29.6 Å². The van der Waals surface area contributed by atoms with E-state index in [0.29, 0.717) is 11.7 Å². The zero-order valence-electron chi connectivity index (χ0n) is 11.4. The molecule has 3 heteroatoms. The molecule has 19 heavy (non-hydrogen) atoms. The van der Waals surface area contributed by atoms with E-state index in [2.05, 4.69) is 6.92 Å². The summed E-state index contributed by atoms with van der Waals surface area (Å²) in [5, 5.41) is 0. The average molecular weight is 263 g/mol. The molecular formula is C16H22FNO. The first kappa shape index (κ1) is 12.9. The van der Waals surface area contributed by atoms with Crippen LogP contribution in [0.15, 0.2) is 18.2 Å². The number of benzene rings is 1. The van der Waals surface area contributed by atoms with E-state index in [4.69, 9.17) is 10.5 Å². The van der Waals surface area contributed by atoms with Crippen molar-refractivity contribution in [2.24, 2.45) is 17.6 Å². The molecule has 0 bridgehead atoms. The Morgan fingerprint density at radius 1 is 1.26 bits per heavy atom. The second-order valence-electron chi connectivity index (χ2n) is 6.21. The minimum absolute atomic E-state index is 0.0217. The molecule has 2 nitrogen and oxygen atoms in total. The van der Waals surface area contributed by atoms with E-state index in [1.165, 1.54) is 37.8 Å². The molecule has 1 saturated carbocycles. The Hall–Kier alpha value is -1.09. The number of halogens is 1. The maximum absolute atomic E-state index is 13.3. The predicted molar refractivity (Wildman–Crippen MR) is 73.5 cm³/mol. The van der Waals surface area contributed by atoms with Gasteiger partial charge in [0.1, 0.15) is 17.7 Å². The van der Waals surface area contributed by atoms with Crippen LogP contribution in [0.1, 0.15) is 50.6 Å². The standard InChI is InChI=1S/C16H22FNO/c1-10-3-2-4-11(7-10)15-9-14(18)13-6-5-12(17)8-16(13)19-15/h5-6,8,10-11,14-15H,2-4,7,9,18H2,1H3. The summed E-state index contributed by atoms with van der Waals surface area (Å²) in [6.45, 7) is 2.31. The van der Waals surface area contributed by atoms with Gasteiger partial charge in [0.15, 0.2) is 0 Å². The van der Waals surface area contributed by atoms with Gasteiger partial charge in [-0.15, -0.1) is 0 Å². The molecule has 0 radical (unpaired) electrons. The third-order valence-corrected chi connectivity index (χ3v) is 4.64. The summed E-state index contributed by atoms with van der Waals surface area (Å²) in [6, 6.07) is 4.68. The van der Waals surface area contributed by atoms with Crippen molar-refractivity contribution in [3.8, 4) is 5.75 Å². The number of hydrogen-bond acceptors (Lipinski definition) is 2. The zero-order valence-corrected chi connectivity index (χ0v) is 11.4.